The number of anilines is 1. The number of nitrogens with zero attached hydrogens (tertiary/aromatic N) is 6. The number of nitro groups is 1. The number of amides is 3. The number of alkyl carbamates (subject to hydrolysis) is 1. The van der Waals surface area contributed by atoms with Crippen LogP contribution in [-0.4, -0.2) is 91.7 Å². The van der Waals surface area contributed by atoms with E-state index in [1.807, 2.05) is 0 Å². The maximum Gasteiger partial charge on any atom is 0.407 e. The lowest BCUT2D eigenvalue weighted by Crippen LogP contribution is -2.42. The Labute approximate surface area is 261 Å². The van der Waals surface area contributed by atoms with E-state index in [9.17, 15) is 34.4 Å². The lowest BCUT2D eigenvalue weighted by Gasteiger charge is -2.21. The first kappa shape index (κ1) is 32.8. The number of para-hydroxylation sites is 1. The number of rotatable bonds is 14. The number of nitrogens with one attached hydrogen (secondary N) is 2. The lowest BCUT2D eigenvalue weighted by atomic mass is 10.0. The molecule has 17 heteroatoms. The summed E-state index contributed by atoms with van der Waals surface area (Å²) in [4.78, 5) is 73.8. The van der Waals surface area contributed by atoms with Crippen molar-refractivity contribution in [3.63, 3.8) is 0 Å². The van der Waals surface area contributed by atoms with Crippen LogP contribution < -0.4 is 15.4 Å². The summed E-state index contributed by atoms with van der Waals surface area (Å²) in [5.41, 5.74) is 1.09. The number of aliphatic carboxylic acids is 1. The largest absolute Gasteiger partial charge is 0.497 e. The number of benzene rings is 2. The highest BCUT2D eigenvalue weighted by Gasteiger charge is 2.22. The second kappa shape index (κ2) is 15.0. The average molecular weight is 635 g/mol. The van der Waals surface area contributed by atoms with Crippen LogP contribution in [0.5, 0.6) is 5.75 Å². The van der Waals surface area contributed by atoms with E-state index in [4.69, 9.17) is 9.47 Å². The monoisotopic (exact) mass is 634 g/mol. The standard InChI is InChI=1S/C29H30N8O9/c1-18(21-5-3-4-6-22(21)37(43)44)15-46-29(42)30-11-12-35(14-24(39)40)23(38)13-36-17-33-25-26(31-16-32-27(25)36)34-28(41)19-7-9-20(45-2)10-8-19/h3-10,16-18H,11-15H2,1-2H3,(H,30,42)(H,39,40)(H,31,32,34,41). The van der Waals surface area contributed by atoms with Crippen LogP contribution in [0.4, 0.5) is 16.3 Å². The first-order valence-electron chi connectivity index (χ1n) is 13.8. The van der Waals surface area contributed by atoms with Crippen LogP contribution in [-0.2, 0) is 20.9 Å². The summed E-state index contributed by atoms with van der Waals surface area (Å²) < 4.78 is 11.7. The highest BCUT2D eigenvalue weighted by Crippen LogP contribution is 2.26. The van der Waals surface area contributed by atoms with Crippen LogP contribution in [0.25, 0.3) is 11.2 Å². The lowest BCUT2D eigenvalue weighted by molar-refractivity contribution is -0.385. The fourth-order valence-corrected chi connectivity index (χ4v) is 4.42. The summed E-state index contributed by atoms with van der Waals surface area (Å²) in [6, 6.07) is 12.5. The molecule has 0 radical (unpaired) electrons. The third-order valence-electron chi connectivity index (χ3n) is 6.75. The molecular weight excluding hydrogens is 604 g/mol. The molecule has 0 fully saturated rings. The van der Waals surface area contributed by atoms with Gasteiger partial charge in [0.1, 0.15) is 31.8 Å². The zero-order valence-electron chi connectivity index (χ0n) is 24.8. The maximum atomic E-state index is 13.1. The molecule has 0 bridgehead atoms. The summed E-state index contributed by atoms with van der Waals surface area (Å²) in [6.07, 6.45) is 1.66. The van der Waals surface area contributed by atoms with Crippen molar-refractivity contribution in [2.24, 2.45) is 0 Å². The fourth-order valence-electron chi connectivity index (χ4n) is 4.42. The average Bonchev–Trinajstić information content (AvgIpc) is 3.46. The molecule has 3 N–H and O–H groups in total. The number of carbonyl (C=O) groups excluding carboxylic acids is 3. The van der Waals surface area contributed by atoms with Crippen molar-refractivity contribution >= 4 is 46.5 Å². The molecule has 3 amide bonds. The van der Waals surface area contributed by atoms with Crippen molar-refractivity contribution < 1.29 is 38.7 Å². The zero-order valence-corrected chi connectivity index (χ0v) is 24.8. The molecule has 2 heterocycles. The van der Waals surface area contributed by atoms with Gasteiger partial charge in [-0.3, -0.25) is 24.5 Å². The van der Waals surface area contributed by atoms with Crippen molar-refractivity contribution in [3.05, 3.63) is 82.4 Å². The van der Waals surface area contributed by atoms with Gasteiger partial charge in [-0.1, -0.05) is 25.1 Å². The summed E-state index contributed by atoms with van der Waals surface area (Å²) in [7, 11) is 1.51. The second-order valence-electron chi connectivity index (χ2n) is 9.90. The molecule has 0 aliphatic heterocycles. The van der Waals surface area contributed by atoms with E-state index >= 15 is 0 Å². The Balaban J connectivity index is 1.34. The van der Waals surface area contributed by atoms with Crippen LogP contribution in [0, 0.1) is 10.1 Å². The Bertz CT molecular complexity index is 1740. The SMILES string of the molecule is COc1ccc(C(=O)Nc2ncnc3c2ncn3CC(=O)N(CCNC(=O)OCC(C)c2ccccc2[N+](=O)[O-])CC(=O)O)cc1. The molecule has 17 nitrogen and oxygen atoms in total. The van der Waals surface area contributed by atoms with Gasteiger partial charge >= 0.3 is 12.1 Å². The number of imidazole rings is 1. The second-order valence-corrected chi connectivity index (χ2v) is 9.90. The van der Waals surface area contributed by atoms with Gasteiger partial charge in [0, 0.05) is 36.2 Å². The molecule has 4 rings (SSSR count). The van der Waals surface area contributed by atoms with Crippen LogP contribution >= 0.6 is 0 Å². The summed E-state index contributed by atoms with van der Waals surface area (Å²) in [5.74, 6) is -2.11. The number of carboxylic acids is 1. The van der Waals surface area contributed by atoms with Crippen LogP contribution in [0.3, 0.4) is 0 Å². The number of methoxy groups -OCH3 is 1. The van der Waals surface area contributed by atoms with Gasteiger partial charge in [0.2, 0.25) is 5.91 Å². The van der Waals surface area contributed by atoms with E-state index < -0.39 is 41.3 Å². The van der Waals surface area contributed by atoms with Gasteiger partial charge in [0.15, 0.2) is 17.0 Å². The van der Waals surface area contributed by atoms with E-state index in [0.29, 0.717) is 16.9 Å². The fraction of sp³-hybridized carbons (Fsp3) is 0.276. The number of ether oxygens (including phenoxy) is 2. The molecule has 2 aromatic heterocycles. The Morgan fingerprint density at radius 3 is 2.52 bits per heavy atom. The number of fused-ring (bicyclic) bond motifs is 1. The smallest absolute Gasteiger partial charge is 0.407 e. The zero-order chi connectivity index (χ0) is 33.2. The molecule has 1 atom stereocenters. The first-order valence-corrected chi connectivity index (χ1v) is 13.8. The molecule has 46 heavy (non-hydrogen) atoms. The minimum absolute atomic E-state index is 0.0893. The molecule has 0 saturated carbocycles. The maximum absolute atomic E-state index is 13.1. The van der Waals surface area contributed by atoms with Crippen molar-refractivity contribution in [2.45, 2.75) is 19.4 Å². The summed E-state index contributed by atoms with van der Waals surface area (Å²) in [6.45, 7) is 0.244. The van der Waals surface area contributed by atoms with Crippen LogP contribution in [0.1, 0.15) is 28.8 Å². The predicted octanol–water partition coefficient (Wildman–Crippen LogP) is 2.44. The quantitative estimate of drug-likeness (QED) is 0.134. The highest BCUT2D eigenvalue weighted by atomic mass is 16.6. The molecule has 240 valence electrons. The Kier molecular flexibility index (Phi) is 10.7. The van der Waals surface area contributed by atoms with E-state index in [-0.39, 0.29) is 48.9 Å². The van der Waals surface area contributed by atoms with Gasteiger partial charge in [0.25, 0.3) is 11.6 Å². The number of nitro benzene ring substituents is 1. The molecule has 0 spiro atoms. The Morgan fingerprint density at radius 2 is 1.83 bits per heavy atom. The molecule has 0 saturated heterocycles. The van der Waals surface area contributed by atoms with Gasteiger partial charge < -0.3 is 34.7 Å². The van der Waals surface area contributed by atoms with E-state index in [1.54, 1.807) is 43.3 Å². The number of aromatic nitrogens is 4. The topological polar surface area (TPSA) is 221 Å². The van der Waals surface area contributed by atoms with Gasteiger partial charge in [0.05, 0.1) is 18.4 Å². The molecule has 4 aromatic rings. The van der Waals surface area contributed by atoms with Crippen LogP contribution in [0.15, 0.2) is 61.2 Å². The summed E-state index contributed by atoms with van der Waals surface area (Å²) in [5, 5.41) is 25.7. The van der Waals surface area contributed by atoms with Gasteiger partial charge in [-0.25, -0.2) is 19.7 Å². The molecule has 1 unspecified atom stereocenters. The Morgan fingerprint density at radius 1 is 1.09 bits per heavy atom. The molecular formula is C29H30N8O9. The number of hydrogen-bond acceptors (Lipinski definition) is 11. The van der Waals surface area contributed by atoms with Gasteiger partial charge in [-0.15, -0.1) is 0 Å². The van der Waals surface area contributed by atoms with E-state index in [1.165, 1.54) is 36.5 Å². The normalized spacial score (nSPS) is 11.3. The van der Waals surface area contributed by atoms with Crippen molar-refractivity contribution in [1.82, 2.24) is 29.7 Å². The molecule has 0 aliphatic rings. The minimum atomic E-state index is -1.27. The first-order chi connectivity index (χ1) is 22.1. The Hall–Kier alpha value is -6.13. The van der Waals surface area contributed by atoms with Gasteiger partial charge in [-0.05, 0) is 24.3 Å². The van der Waals surface area contributed by atoms with Crippen molar-refractivity contribution in [2.75, 3.05) is 38.7 Å². The number of carboxylic acid groups (broad SMARTS) is 1. The van der Waals surface area contributed by atoms with E-state index in [0.717, 1.165) is 4.90 Å². The molecule has 2 aromatic carbocycles. The third kappa shape index (κ3) is 8.28. The van der Waals surface area contributed by atoms with Crippen LogP contribution in [0.2, 0.25) is 0 Å². The predicted molar refractivity (Wildman–Crippen MR) is 161 cm³/mol. The summed E-state index contributed by atoms with van der Waals surface area (Å²) >= 11 is 0. The third-order valence-corrected chi connectivity index (χ3v) is 6.75. The number of hydrogen-bond donors (Lipinski definition) is 3. The number of carbonyl (C=O) groups is 4. The van der Waals surface area contributed by atoms with Crippen molar-refractivity contribution in [1.29, 1.82) is 0 Å². The van der Waals surface area contributed by atoms with Crippen molar-refractivity contribution in [3.8, 4) is 5.75 Å². The highest BCUT2D eigenvalue weighted by molar-refractivity contribution is 6.06. The molecule has 0 aliphatic carbocycles. The minimum Gasteiger partial charge on any atom is -0.497 e. The van der Waals surface area contributed by atoms with E-state index in [2.05, 4.69) is 25.6 Å². The van der Waals surface area contributed by atoms with Gasteiger partial charge in [-0.2, -0.15) is 0 Å².